The molecule has 0 bridgehead atoms. The second kappa shape index (κ2) is 7.37. The monoisotopic (exact) mass is 185 g/mol. The summed E-state index contributed by atoms with van der Waals surface area (Å²) in [6.45, 7) is 9.00. The molecule has 0 amide bonds. The molecule has 80 valence electrons. The highest BCUT2D eigenvalue weighted by molar-refractivity contribution is 4.66. The van der Waals surface area contributed by atoms with E-state index in [1.165, 1.54) is 32.1 Å². The van der Waals surface area contributed by atoms with Gasteiger partial charge in [0.1, 0.15) is 0 Å². The molecule has 0 fully saturated rings. The van der Waals surface area contributed by atoms with Gasteiger partial charge in [-0.1, -0.05) is 53.4 Å². The lowest BCUT2D eigenvalue weighted by Gasteiger charge is -2.17. The summed E-state index contributed by atoms with van der Waals surface area (Å²) in [5.74, 6) is 1.57. The van der Waals surface area contributed by atoms with Gasteiger partial charge in [-0.25, -0.2) is 0 Å². The second-order valence-electron chi connectivity index (χ2n) is 4.52. The summed E-state index contributed by atoms with van der Waals surface area (Å²) in [7, 11) is 0. The van der Waals surface area contributed by atoms with Gasteiger partial charge < -0.3 is 5.73 Å². The van der Waals surface area contributed by atoms with Crippen molar-refractivity contribution in [2.45, 2.75) is 65.8 Å². The van der Waals surface area contributed by atoms with Crippen molar-refractivity contribution >= 4 is 0 Å². The van der Waals surface area contributed by atoms with Crippen molar-refractivity contribution in [1.29, 1.82) is 0 Å². The number of nitrogens with two attached hydrogens (primary N) is 1. The number of hydrogen-bond acceptors (Lipinski definition) is 1. The van der Waals surface area contributed by atoms with Crippen molar-refractivity contribution in [2.75, 3.05) is 0 Å². The van der Waals surface area contributed by atoms with Crippen LogP contribution < -0.4 is 5.73 Å². The summed E-state index contributed by atoms with van der Waals surface area (Å²) in [6.07, 6.45) is 6.54. The van der Waals surface area contributed by atoms with Gasteiger partial charge in [0.15, 0.2) is 0 Å². The first-order valence-corrected chi connectivity index (χ1v) is 5.87. The SMILES string of the molecule is CCC(CC)CCCC(N)C(C)C. The molecule has 0 spiro atoms. The van der Waals surface area contributed by atoms with Gasteiger partial charge in [0.25, 0.3) is 0 Å². The first kappa shape index (κ1) is 13.0. The molecule has 0 rings (SSSR count). The highest BCUT2D eigenvalue weighted by Gasteiger charge is 2.08. The normalized spacial score (nSPS) is 14.1. The van der Waals surface area contributed by atoms with E-state index in [1.807, 2.05) is 0 Å². The van der Waals surface area contributed by atoms with Gasteiger partial charge in [-0.3, -0.25) is 0 Å². The summed E-state index contributed by atoms with van der Waals surface area (Å²) in [6, 6.07) is 0.411. The predicted molar refractivity (Wildman–Crippen MR) is 60.7 cm³/mol. The van der Waals surface area contributed by atoms with E-state index in [0.717, 1.165) is 5.92 Å². The van der Waals surface area contributed by atoms with Crippen LogP contribution in [-0.2, 0) is 0 Å². The molecule has 0 aromatic heterocycles. The fourth-order valence-corrected chi connectivity index (χ4v) is 1.67. The first-order chi connectivity index (χ1) is 6.11. The molecule has 0 aliphatic heterocycles. The Balaban J connectivity index is 3.43. The van der Waals surface area contributed by atoms with Crippen LogP contribution in [0.4, 0.5) is 0 Å². The molecule has 1 nitrogen and oxygen atoms in total. The minimum Gasteiger partial charge on any atom is -0.327 e. The second-order valence-corrected chi connectivity index (χ2v) is 4.52. The van der Waals surface area contributed by atoms with Crippen LogP contribution in [-0.4, -0.2) is 6.04 Å². The van der Waals surface area contributed by atoms with Crippen LogP contribution in [0.2, 0.25) is 0 Å². The van der Waals surface area contributed by atoms with E-state index in [4.69, 9.17) is 5.73 Å². The third-order valence-electron chi connectivity index (χ3n) is 3.16. The molecular weight excluding hydrogens is 158 g/mol. The predicted octanol–water partition coefficient (Wildman–Crippen LogP) is 3.58. The van der Waals surface area contributed by atoms with Crippen molar-refractivity contribution in [1.82, 2.24) is 0 Å². The lowest BCUT2D eigenvalue weighted by atomic mass is 9.93. The molecule has 0 heterocycles. The summed E-state index contributed by atoms with van der Waals surface area (Å²) < 4.78 is 0. The molecular formula is C12H27N. The van der Waals surface area contributed by atoms with Gasteiger partial charge in [-0.15, -0.1) is 0 Å². The summed E-state index contributed by atoms with van der Waals surface area (Å²) in [4.78, 5) is 0. The Morgan fingerprint density at radius 3 is 1.92 bits per heavy atom. The van der Waals surface area contributed by atoms with Crippen LogP contribution in [0.15, 0.2) is 0 Å². The zero-order valence-corrected chi connectivity index (χ0v) is 9.84. The highest BCUT2D eigenvalue weighted by atomic mass is 14.6. The van der Waals surface area contributed by atoms with Crippen LogP contribution in [0.25, 0.3) is 0 Å². The Hall–Kier alpha value is -0.0400. The molecule has 1 unspecified atom stereocenters. The average Bonchev–Trinajstić information content (AvgIpc) is 2.12. The summed E-state index contributed by atoms with van der Waals surface area (Å²) in [5.41, 5.74) is 5.99. The van der Waals surface area contributed by atoms with Gasteiger partial charge in [0.05, 0.1) is 0 Å². The van der Waals surface area contributed by atoms with Crippen molar-refractivity contribution in [3.63, 3.8) is 0 Å². The van der Waals surface area contributed by atoms with Crippen molar-refractivity contribution < 1.29 is 0 Å². The Kier molecular flexibility index (Phi) is 7.35. The molecule has 0 aromatic carbocycles. The fraction of sp³-hybridized carbons (Fsp3) is 1.00. The molecule has 13 heavy (non-hydrogen) atoms. The largest absolute Gasteiger partial charge is 0.327 e. The van der Waals surface area contributed by atoms with Crippen LogP contribution in [0.3, 0.4) is 0 Å². The Morgan fingerprint density at radius 1 is 1.00 bits per heavy atom. The van der Waals surface area contributed by atoms with E-state index in [1.54, 1.807) is 0 Å². The highest BCUT2D eigenvalue weighted by Crippen LogP contribution is 2.17. The standard InChI is InChI=1S/C12H27N/c1-5-11(6-2)8-7-9-12(13)10(3)4/h10-12H,5-9,13H2,1-4H3. The van der Waals surface area contributed by atoms with Crippen LogP contribution in [0.1, 0.15) is 59.8 Å². The number of hydrogen-bond donors (Lipinski definition) is 1. The maximum absolute atomic E-state index is 5.99. The maximum atomic E-state index is 5.99. The van der Waals surface area contributed by atoms with Gasteiger partial charge in [0, 0.05) is 6.04 Å². The number of rotatable bonds is 7. The molecule has 1 atom stereocenters. The molecule has 0 aliphatic carbocycles. The van der Waals surface area contributed by atoms with Crippen molar-refractivity contribution in [3.05, 3.63) is 0 Å². The first-order valence-electron chi connectivity index (χ1n) is 5.87. The minimum absolute atomic E-state index is 0.411. The van der Waals surface area contributed by atoms with Gasteiger partial charge in [0.2, 0.25) is 0 Å². The average molecular weight is 185 g/mol. The zero-order valence-electron chi connectivity index (χ0n) is 9.84. The summed E-state index contributed by atoms with van der Waals surface area (Å²) >= 11 is 0. The molecule has 0 radical (unpaired) electrons. The van der Waals surface area contributed by atoms with E-state index in [0.29, 0.717) is 12.0 Å². The zero-order chi connectivity index (χ0) is 10.3. The lowest BCUT2D eigenvalue weighted by molar-refractivity contribution is 0.391. The summed E-state index contributed by atoms with van der Waals surface area (Å²) in [5, 5.41) is 0. The fourth-order valence-electron chi connectivity index (χ4n) is 1.67. The molecule has 0 aliphatic rings. The van der Waals surface area contributed by atoms with E-state index in [9.17, 15) is 0 Å². The Bertz CT molecular complexity index is 104. The van der Waals surface area contributed by atoms with Crippen molar-refractivity contribution in [2.24, 2.45) is 17.6 Å². The molecule has 1 heteroatoms. The Morgan fingerprint density at radius 2 is 1.54 bits per heavy atom. The molecule has 0 saturated carbocycles. The van der Waals surface area contributed by atoms with E-state index in [-0.39, 0.29) is 0 Å². The van der Waals surface area contributed by atoms with E-state index < -0.39 is 0 Å². The molecule has 2 N–H and O–H groups in total. The van der Waals surface area contributed by atoms with Crippen LogP contribution in [0, 0.1) is 11.8 Å². The van der Waals surface area contributed by atoms with Crippen LogP contribution in [0.5, 0.6) is 0 Å². The van der Waals surface area contributed by atoms with E-state index >= 15 is 0 Å². The Labute approximate surface area is 84.1 Å². The van der Waals surface area contributed by atoms with Gasteiger partial charge >= 0.3 is 0 Å². The van der Waals surface area contributed by atoms with Gasteiger partial charge in [-0.05, 0) is 18.3 Å². The lowest BCUT2D eigenvalue weighted by Crippen LogP contribution is -2.26. The molecule has 0 aromatic rings. The topological polar surface area (TPSA) is 26.0 Å². The maximum Gasteiger partial charge on any atom is 0.00618 e. The van der Waals surface area contributed by atoms with Crippen molar-refractivity contribution in [3.8, 4) is 0 Å². The quantitative estimate of drug-likeness (QED) is 0.644. The third-order valence-corrected chi connectivity index (χ3v) is 3.16. The third kappa shape index (κ3) is 6.09. The van der Waals surface area contributed by atoms with Crippen LogP contribution >= 0.6 is 0 Å². The van der Waals surface area contributed by atoms with E-state index in [2.05, 4.69) is 27.7 Å². The minimum atomic E-state index is 0.411. The molecule has 0 saturated heterocycles. The van der Waals surface area contributed by atoms with Gasteiger partial charge in [-0.2, -0.15) is 0 Å². The smallest absolute Gasteiger partial charge is 0.00618 e.